The predicted octanol–water partition coefficient (Wildman–Crippen LogP) is 6.86. The van der Waals surface area contributed by atoms with Crippen molar-refractivity contribution >= 4 is 40.3 Å². The number of rotatable bonds is 11. The average Bonchev–Trinajstić information content (AvgIpc) is 3.52. The van der Waals surface area contributed by atoms with Gasteiger partial charge in [-0.25, -0.2) is 4.98 Å². The lowest BCUT2D eigenvalue weighted by Gasteiger charge is -2.18. The molecular weight excluding hydrogens is 524 g/mol. The maximum absolute atomic E-state index is 14.0. The van der Waals surface area contributed by atoms with Crippen molar-refractivity contribution < 1.29 is 14.3 Å². The third-order valence-corrected chi connectivity index (χ3v) is 7.49. The number of halogens is 1. The van der Waals surface area contributed by atoms with Crippen LogP contribution in [0.3, 0.4) is 0 Å². The van der Waals surface area contributed by atoms with E-state index in [9.17, 15) is 4.79 Å². The number of likely N-dealkylation sites (N-methyl/N-ethyl adjacent to an activating group) is 1. The molecule has 3 aromatic carbocycles. The van der Waals surface area contributed by atoms with Gasteiger partial charge >= 0.3 is 0 Å². The minimum absolute atomic E-state index is 0.154. The second-order valence-corrected chi connectivity index (χ2v) is 9.87. The highest BCUT2D eigenvalue weighted by molar-refractivity contribution is 6.30. The van der Waals surface area contributed by atoms with E-state index >= 15 is 0 Å². The lowest BCUT2D eigenvalue weighted by atomic mass is 10.1. The van der Waals surface area contributed by atoms with Crippen molar-refractivity contribution in [2.24, 2.45) is 0 Å². The Bertz CT molecular complexity index is 1680. The first kappa shape index (κ1) is 27.5. The van der Waals surface area contributed by atoms with Gasteiger partial charge in [-0.3, -0.25) is 9.20 Å². The van der Waals surface area contributed by atoms with E-state index in [0.29, 0.717) is 27.9 Å². The summed E-state index contributed by atoms with van der Waals surface area (Å²) in [4.78, 5) is 21.5. The Morgan fingerprint density at radius 3 is 2.33 bits per heavy atom. The van der Waals surface area contributed by atoms with Crippen molar-refractivity contribution in [1.82, 2.24) is 18.9 Å². The van der Waals surface area contributed by atoms with Crippen LogP contribution >= 0.6 is 11.6 Å². The fourth-order valence-corrected chi connectivity index (χ4v) is 5.18. The molecule has 2 heterocycles. The fraction of sp³-hybridized carbons (Fsp3) is 0.250. The third-order valence-electron chi connectivity index (χ3n) is 7.23. The van der Waals surface area contributed by atoms with Gasteiger partial charge in [-0.15, -0.1) is 0 Å². The number of benzene rings is 3. The molecule has 0 atom stereocenters. The summed E-state index contributed by atoms with van der Waals surface area (Å²) in [6.45, 7) is 7.92. The quantitative estimate of drug-likeness (QED) is 0.131. The van der Waals surface area contributed by atoms with E-state index in [1.165, 1.54) is 0 Å². The molecule has 0 amide bonds. The molecule has 0 bridgehead atoms. The first-order valence-electron chi connectivity index (χ1n) is 13.4. The van der Waals surface area contributed by atoms with Gasteiger partial charge in [-0.05, 0) is 61.1 Å². The molecule has 0 saturated heterocycles. The fourth-order valence-electron chi connectivity index (χ4n) is 5.05. The number of imidazole rings is 2. The number of allylic oxidation sites excluding steroid dienone is 1. The summed E-state index contributed by atoms with van der Waals surface area (Å²) >= 11 is 6.19. The van der Waals surface area contributed by atoms with Crippen molar-refractivity contribution in [3.05, 3.63) is 89.1 Å². The second kappa shape index (κ2) is 12.0. The highest BCUT2D eigenvalue weighted by atomic mass is 35.5. The van der Waals surface area contributed by atoms with Gasteiger partial charge in [0.05, 0.1) is 25.3 Å². The minimum Gasteiger partial charge on any atom is -0.493 e. The van der Waals surface area contributed by atoms with Gasteiger partial charge in [0, 0.05) is 23.7 Å². The number of methoxy groups -OCH3 is 2. The number of hydrogen-bond acceptors (Lipinski definition) is 5. The number of carbonyl (C=O) groups excluding carboxylic acids is 1. The predicted molar refractivity (Wildman–Crippen MR) is 162 cm³/mol. The molecule has 0 N–H and O–H groups in total. The van der Waals surface area contributed by atoms with Crippen LogP contribution in [0.15, 0.2) is 72.8 Å². The van der Waals surface area contributed by atoms with E-state index in [1.807, 2.05) is 65.1 Å². The van der Waals surface area contributed by atoms with Crippen LogP contribution in [0.25, 0.3) is 34.1 Å². The zero-order valence-corrected chi connectivity index (χ0v) is 24.0. The highest BCUT2D eigenvalue weighted by Gasteiger charge is 2.24. The molecule has 0 spiro atoms. The molecule has 0 unspecified atom stereocenters. The van der Waals surface area contributed by atoms with Crippen LogP contribution < -0.4 is 9.47 Å². The zero-order valence-electron chi connectivity index (χ0n) is 23.2. The van der Waals surface area contributed by atoms with Crippen LogP contribution in [0.1, 0.15) is 29.9 Å². The number of nitrogens with zero attached hydrogens (tertiary/aromatic N) is 4. The first-order chi connectivity index (χ1) is 19.5. The molecule has 0 aliphatic carbocycles. The lowest BCUT2D eigenvalue weighted by Crippen LogP contribution is -2.27. The van der Waals surface area contributed by atoms with Crippen LogP contribution in [-0.4, -0.2) is 58.5 Å². The van der Waals surface area contributed by atoms with E-state index in [1.54, 1.807) is 26.4 Å². The number of hydrogen-bond donors (Lipinski definition) is 0. The van der Waals surface area contributed by atoms with Gasteiger partial charge in [0.25, 0.3) is 0 Å². The van der Waals surface area contributed by atoms with Crippen molar-refractivity contribution in [3.63, 3.8) is 0 Å². The summed E-state index contributed by atoms with van der Waals surface area (Å²) in [6, 6.07) is 21.1. The Morgan fingerprint density at radius 1 is 0.950 bits per heavy atom. The number of aromatic nitrogens is 3. The standard InChI is InChI=1S/C32H33ClN4O3/c1-5-35(6-2)19-20-36-25-9-7-8-10-26(25)37-31(30(34-32(36)37)23-13-15-24(33)16-14-23)27(38)17-11-22-12-18-28(39-3)29(21-22)40-4/h7-18,21H,5-6,19-20H2,1-4H3/b17-11+. The van der Waals surface area contributed by atoms with Crippen molar-refractivity contribution in [3.8, 4) is 22.8 Å². The summed E-state index contributed by atoms with van der Waals surface area (Å²) < 4.78 is 15.0. The maximum atomic E-state index is 14.0. The minimum atomic E-state index is -0.154. The largest absolute Gasteiger partial charge is 0.493 e. The number of fused-ring (bicyclic) bond motifs is 3. The number of para-hydroxylation sites is 2. The van der Waals surface area contributed by atoms with E-state index < -0.39 is 0 Å². The first-order valence-corrected chi connectivity index (χ1v) is 13.8. The SMILES string of the molecule is CCN(CC)CCn1c2ccccc2n2c(C(=O)/C=C/c3ccc(OC)c(OC)c3)c(-c3ccc(Cl)cc3)nc12. The zero-order chi connectivity index (χ0) is 28.2. The van der Waals surface area contributed by atoms with Crippen molar-refractivity contribution in [2.75, 3.05) is 33.9 Å². The molecule has 40 heavy (non-hydrogen) atoms. The maximum Gasteiger partial charge on any atom is 0.216 e. The van der Waals surface area contributed by atoms with Crippen molar-refractivity contribution in [1.29, 1.82) is 0 Å². The number of ether oxygens (including phenoxy) is 2. The Morgan fingerprint density at radius 2 is 1.65 bits per heavy atom. The molecule has 0 saturated carbocycles. The molecule has 8 heteroatoms. The number of carbonyl (C=O) groups is 1. The second-order valence-electron chi connectivity index (χ2n) is 9.43. The van der Waals surface area contributed by atoms with Gasteiger partial charge in [-0.1, -0.05) is 61.9 Å². The van der Waals surface area contributed by atoms with Gasteiger partial charge < -0.3 is 18.9 Å². The van der Waals surface area contributed by atoms with Crippen molar-refractivity contribution in [2.45, 2.75) is 20.4 Å². The molecule has 5 rings (SSSR count). The molecule has 0 aliphatic heterocycles. The summed E-state index contributed by atoms with van der Waals surface area (Å²) in [5, 5.41) is 0.628. The van der Waals surface area contributed by atoms with Crippen LogP contribution in [0, 0.1) is 0 Å². The molecule has 7 nitrogen and oxygen atoms in total. The molecular formula is C32H33ClN4O3. The Hall–Kier alpha value is -4.07. The molecule has 0 radical (unpaired) electrons. The monoisotopic (exact) mass is 556 g/mol. The van der Waals surface area contributed by atoms with Crippen LogP contribution in [-0.2, 0) is 6.54 Å². The Labute approximate surface area is 239 Å². The summed E-state index contributed by atoms with van der Waals surface area (Å²) in [7, 11) is 3.19. The summed E-state index contributed by atoms with van der Waals surface area (Å²) in [5.41, 5.74) is 4.75. The van der Waals surface area contributed by atoms with E-state index in [0.717, 1.165) is 54.1 Å². The Kier molecular flexibility index (Phi) is 8.24. The molecule has 0 fully saturated rings. The van der Waals surface area contributed by atoms with Gasteiger partial charge in [0.15, 0.2) is 11.5 Å². The summed E-state index contributed by atoms with van der Waals surface area (Å²) in [6.07, 6.45) is 3.38. The van der Waals surface area contributed by atoms with Crippen LogP contribution in [0.5, 0.6) is 11.5 Å². The van der Waals surface area contributed by atoms with E-state index in [4.69, 9.17) is 26.1 Å². The molecule has 206 valence electrons. The topological polar surface area (TPSA) is 61.0 Å². The lowest BCUT2D eigenvalue weighted by molar-refractivity contribution is 0.104. The molecule has 0 aliphatic rings. The molecule has 5 aromatic rings. The smallest absolute Gasteiger partial charge is 0.216 e. The Balaban J connectivity index is 1.66. The average molecular weight is 557 g/mol. The summed E-state index contributed by atoms with van der Waals surface area (Å²) in [5.74, 6) is 1.81. The van der Waals surface area contributed by atoms with Gasteiger partial charge in [0.2, 0.25) is 11.6 Å². The molecule has 2 aromatic heterocycles. The van der Waals surface area contributed by atoms with Crippen LogP contribution in [0.2, 0.25) is 5.02 Å². The van der Waals surface area contributed by atoms with Gasteiger partial charge in [0.1, 0.15) is 11.4 Å². The van der Waals surface area contributed by atoms with Crippen LogP contribution in [0.4, 0.5) is 0 Å². The van der Waals surface area contributed by atoms with E-state index in [2.05, 4.69) is 29.4 Å². The number of ketones is 1. The van der Waals surface area contributed by atoms with E-state index in [-0.39, 0.29) is 5.78 Å². The van der Waals surface area contributed by atoms with Gasteiger partial charge in [-0.2, -0.15) is 0 Å². The third kappa shape index (κ3) is 5.22. The highest BCUT2D eigenvalue weighted by Crippen LogP contribution is 2.32. The normalized spacial score (nSPS) is 11.8.